The molecule has 1 aromatic rings. The minimum atomic E-state index is -3.04. The number of nitriles is 1. The first kappa shape index (κ1) is 19.1. The summed E-state index contributed by atoms with van der Waals surface area (Å²) < 4.78 is 28.1. The van der Waals surface area contributed by atoms with Crippen molar-refractivity contribution in [2.45, 2.75) is 12.5 Å². The summed E-state index contributed by atoms with van der Waals surface area (Å²) >= 11 is 6.00. The van der Waals surface area contributed by atoms with E-state index in [4.69, 9.17) is 16.3 Å². The molecular formula is C16H18ClN3O4S. The molecule has 0 bridgehead atoms. The lowest BCUT2D eigenvalue weighted by atomic mass is 10.2. The van der Waals surface area contributed by atoms with Crippen LogP contribution >= 0.6 is 11.6 Å². The average molecular weight is 384 g/mol. The van der Waals surface area contributed by atoms with E-state index in [9.17, 15) is 18.5 Å². The fourth-order valence-electron chi connectivity index (χ4n) is 2.49. The molecule has 9 heteroatoms. The van der Waals surface area contributed by atoms with Crippen LogP contribution in [0.4, 0.5) is 5.69 Å². The SMILES string of the molecule is COc1ccc(NC(=O)/C(C#N)=C\N(C)C2CCS(=O)(=O)C2)cc1Cl. The molecule has 0 radical (unpaired) electrons. The van der Waals surface area contributed by atoms with Crippen molar-refractivity contribution in [3.63, 3.8) is 0 Å². The molecule has 1 N–H and O–H groups in total. The van der Waals surface area contributed by atoms with Crippen molar-refractivity contribution in [3.05, 3.63) is 35.0 Å². The molecule has 1 fully saturated rings. The van der Waals surface area contributed by atoms with E-state index in [0.29, 0.717) is 22.9 Å². The quantitative estimate of drug-likeness (QED) is 0.615. The van der Waals surface area contributed by atoms with E-state index in [1.165, 1.54) is 19.4 Å². The van der Waals surface area contributed by atoms with Gasteiger partial charge in [0.1, 0.15) is 17.4 Å². The minimum absolute atomic E-state index is 0.0222. The van der Waals surface area contributed by atoms with Crippen LogP contribution in [0.15, 0.2) is 30.0 Å². The number of halogens is 1. The highest BCUT2D eigenvalue weighted by atomic mass is 35.5. The Balaban J connectivity index is 2.10. The first-order valence-electron chi connectivity index (χ1n) is 7.45. The zero-order valence-corrected chi connectivity index (χ0v) is 15.4. The summed E-state index contributed by atoms with van der Waals surface area (Å²) in [5, 5.41) is 12.1. The molecule has 25 heavy (non-hydrogen) atoms. The van der Waals surface area contributed by atoms with Gasteiger partial charge >= 0.3 is 0 Å². The van der Waals surface area contributed by atoms with E-state index in [1.54, 1.807) is 24.1 Å². The van der Waals surface area contributed by atoms with E-state index in [-0.39, 0.29) is 23.1 Å². The fourth-order valence-corrected chi connectivity index (χ4v) is 4.53. The number of hydrogen-bond donors (Lipinski definition) is 1. The standard InChI is InChI=1S/C16H18ClN3O4S/c1-20(13-5-6-25(22,23)10-13)9-11(8-18)16(21)19-12-3-4-15(24-2)14(17)7-12/h3-4,7,9,13H,5-6,10H2,1-2H3,(H,19,21)/b11-9-. The number of carbonyl (C=O) groups is 1. The number of benzene rings is 1. The molecule has 0 aromatic heterocycles. The first-order chi connectivity index (χ1) is 11.8. The van der Waals surface area contributed by atoms with Gasteiger partial charge in [-0.25, -0.2) is 8.42 Å². The predicted octanol–water partition coefficient (Wildman–Crippen LogP) is 1.81. The number of carbonyl (C=O) groups excluding carboxylic acids is 1. The van der Waals surface area contributed by atoms with Crippen molar-refractivity contribution >= 4 is 33.0 Å². The van der Waals surface area contributed by atoms with Crippen molar-refractivity contribution < 1.29 is 17.9 Å². The van der Waals surface area contributed by atoms with Crippen LogP contribution in [0.1, 0.15) is 6.42 Å². The highest BCUT2D eigenvalue weighted by Gasteiger charge is 2.30. The number of sulfone groups is 1. The van der Waals surface area contributed by atoms with Gasteiger partial charge in [0.05, 0.1) is 23.6 Å². The zero-order valence-electron chi connectivity index (χ0n) is 13.8. The average Bonchev–Trinajstić information content (AvgIpc) is 2.92. The predicted molar refractivity (Wildman–Crippen MR) is 95.2 cm³/mol. The molecule has 0 aliphatic carbocycles. The smallest absolute Gasteiger partial charge is 0.267 e. The number of nitrogens with one attached hydrogen (secondary N) is 1. The lowest BCUT2D eigenvalue weighted by Gasteiger charge is -2.21. The molecular weight excluding hydrogens is 366 g/mol. The largest absolute Gasteiger partial charge is 0.495 e. The van der Waals surface area contributed by atoms with Crippen LogP contribution in [0.3, 0.4) is 0 Å². The molecule has 134 valence electrons. The molecule has 0 spiro atoms. The van der Waals surface area contributed by atoms with Crippen LogP contribution in [-0.2, 0) is 14.6 Å². The van der Waals surface area contributed by atoms with Gasteiger partial charge in [-0.15, -0.1) is 0 Å². The third-order valence-electron chi connectivity index (χ3n) is 3.89. The van der Waals surface area contributed by atoms with Crippen LogP contribution in [0, 0.1) is 11.3 Å². The number of ether oxygens (including phenoxy) is 1. The van der Waals surface area contributed by atoms with Gasteiger partial charge in [-0.1, -0.05) is 11.6 Å². The van der Waals surface area contributed by atoms with Crippen LogP contribution in [0.25, 0.3) is 0 Å². The molecule has 1 amide bonds. The van der Waals surface area contributed by atoms with Gasteiger partial charge < -0.3 is 15.0 Å². The molecule has 1 heterocycles. The number of nitrogens with zero attached hydrogens (tertiary/aromatic N) is 2. The van der Waals surface area contributed by atoms with E-state index in [1.807, 2.05) is 6.07 Å². The summed E-state index contributed by atoms with van der Waals surface area (Å²) in [4.78, 5) is 13.9. The van der Waals surface area contributed by atoms with Crippen molar-refractivity contribution in [1.82, 2.24) is 4.90 Å². The lowest BCUT2D eigenvalue weighted by molar-refractivity contribution is -0.112. The Labute approximate surface area is 151 Å². The minimum Gasteiger partial charge on any atom is -0.495 e. The number of rotatable bonds is 5. The molecule has 1 saturated heterocycles. The second kappa shape index (κ2) is 7.76. The summed E-state index contributed by atoms with van der Waals surface area (Å²) in [5.74, 6) is 0.0113. The summed E-state index contributed by atoms with van der Waals surface area (Å²) in [6.07, 6.45) is 1.84. The summed E-state index contributed by atoms with van der Waals surface area (Å²) in [7, 11) is 0.0902. The van der Waals surface area contributed by atoms with Crippen molar-refractivity contribution in [1.29, 1.82) is 5.26 Å². The molecule has 1 aliphatic rings. The van der Waals surface area contributed by atoms with E-state index < -0.39 is 15.7 Å². The first-order valence-corrected chi connectivity index (χ1v) is 9.65. The number of anilines is 1. The maximum absolute atomic E-state index is 12.3. The summed E-state index contributed by atoms with van der Waals surface area (Å²) in [6.45, 7) is 0. The van der Waals surface area contributed by atoms with Crippen molar-refractivity contribution in [2.24, 2.45) is 0 Å². The van der Waals surface area contributed by atoms with Gasteiger partial charge in [0.25, 0.3) is 5.91 Å². The number of amides is 1. The third kappa shape index (κ3) is 4.87. The Hall–Kier alpha value is -2.24. The van der Waals surface area contributed by atoms with Crippen LogP contribution < -0.4 is 10.1 Å². The second-order valence-electron chi connectivity index (χ2n) is 5.68. The maximum Gasteiger partial charge on any atom is 0.267 e. The van der Waals surface area contributed by atoms with Crippen molar-refractivity contribution in [2.75, 3.05) is 31.0 Å². The Morgan fingerprint density at radius 2 is 2.24 bits per heavy atom. The Morgan fingerprint density at radius 1 is 1.52 bits per heavy atom. The molecule has 2 rings (SSSR count). The fraction of sp³-hybridized carbons (Fsp3) is 0.375. The van der Waals surface area contributed by atoms with Gasteiger partial charge in [0.2, 0.25) is 0 Å². The van der Waals surface area contributed by atoms with E-state index in [0.717, 1.165) is 0 Å². The van der Waals surface area contributed by atoms with E-state index in [2.05, 4.69) is 5.32 Å². The highest BCUT2D eigenvalue weighted by molar-refractivity contribution is 7.91. The second-order valence-corrected chi connectivity index (χ2v) is 8.32. The Bertz CT molecular complexity index is 845. The number of hydrogen-bond acceptors (Lipinski definition) is 6. The molecule has 7 nitrogen and oxygen atoms in total. The van der Waals surface area contributed by atoms with Gasteiger partial charge in [0, 0.05) is 25.0 Å². The lowest BCUT2D eigenvalue weighted by Crippen LogP contribution is -2.29. The van der Waals surface area contributed by atoms with Crippen LogP contribution in [0.2, 0.25) is 5.02 Å². The van der Waals surface area contributed by atoms with E-state index >= 15 is 0 Å². The molecule has 0 saturated carbocycles. The third-order valence-corrected chi connectivity index (χ3v) is 5.94. The summed E-state index contributed by atoms with van der Waals surface area (Å²) in [6, 6.07) is 6.31. The number of methoxy groups -OCH3 is 1. The summed E-state index contributed by atoms with van der Waals surface area (Å²) in [5.41, 5.74) is 0.293. The Morgan fingerprint density at radius 3 is 2.76 bits per heavy atom. The van der Waals surface area contributed by atoms with Crippen molar-refractivity contribution in [3.8, 4) is 11.8 Å². The van der Waals surface area contributed by atoms with Crippen LogP contribution in [-0.4, -0.2) is 50.9 Å². The highest BCUT2D eigenvalue weighted by Crippen LogP contribution is 2.27. The normalized spacial score (nSPS) is 19.1. The molecule has 1 atom stereocenters. The van der Waals surface area contributed by atoms with Gasteiger partial charge in [-0.3, -0.25) is 4.79 Å². The molecule has 1 aliphatic heterocycles. The molecule has 1 aromatic carbocycles. The van der Waals surface area contributed by atoms with Gasteiger partial charge in [-0.05, 0) is 24.6 Å². The zero-order chi connectivity index (χ0) is 18.6. The van der Waals surface area contributed by atoms with Gasteiger partial charge in [0.15, 0.2) is 9.84 Å². The van der Waals surface area contributed by atoms with Gasteiger partial charge in [-0.2, -0.15) is 5.26 Å². The molecule has 1 unspecified atom stereocenters. The topological polar surface area (TPSA) is 99.5 Å². The monoisotopic (exact) mass is 383 g/mol. The Kier molecular flexibility index (Phi) is 5.93. The van der Waals surface area contributed by atoms with Crippen LogP contribution in [0.5, 0.6) is 5.75 Å². The maximum atomic E-state index is 12.3.